The van der Waals surface area contributed by atoms with Crippen molar-refractivity contribution in [2.45, 2.75) is 56.6 Å². The lowest BCUT2D eigenvalue weighted by Gasteiger charge is -2.30. The molecule has 1 aliphatic heterocycles. The third-order valence-electron chi connectivity index (χ3n) is 5.63. The van der Waals surface area contributed by atoms with Crippen LogP contribution >= 0.6 is 11.8 Å². The first-order valence-corrected chi connectivity index (χ1v) is 11.5. The van der Waals surface area contributed by atoms with Gasteiger partial charge in [-0.1, -0.05) is 61.5 Å². The van der Waals surface area contributed by atoms with Crippen LogP contribution in [0.25, 0.3) is 10.9 Å². The Hall–Kier alpha value is -2.60. The Morgan fingerprint density at radius 3 is 2.67 bits per heavy atom. The summed E-state index contributed by atoms with van der Waals surface area (Å²) in [6.07, 6.45) is 2.78. The van der Waals surface area contributed by atoms with Gasteiger partial charge < -0.3 is 4.90 Å². The molecule has 5 nitrogen and oxygen atoms in total. The molecule has 3 aromatic rings. The van der Waals surface area contributed by atoms with Gasteiger partial charge in [0, 0.05) is 19.6 Å². The van der Waals surface area contributed by atoms with Gasteiger partial charge in [-0.3, -0.25) is 14.2 Å². The van der Waals surface area contributed by atoms with Crippen molar-refractivity contribution in [1.82, 2.24) is 14.5 Å². The van der Waals surface area contributed by atoms with Crippen molar-refractivity contribution >= 4 is 28.6 Å². The number of hydrogen-bond acceptors (Lipinski definition) is 4. The first-order chi connectivity index (χ1) is 14.6. The molecule has 1 unspecified atom stereocenters. The predicted octanol–water partition coefficient (Wildman–Crippen LogP) is 4.26. The van der Waals surface area contributed by atoms with Gasteiger partial charge in [-0.05, 0) is 43.0 Å². The van der Waals surface area contributed by atoms with Crippen LogP contribution in [0.4, 0.5) is 0 Å². The fourth-order valence-corrected chi connectivity index (χ4v) is 4.92. The highest BCUT2D eigenvalue weighted by Gasteiger charge is 2.26. The fraction of sp³-hybridized carbons (Fsp3) is 0.375. The maximum atomic E-state index is 13.2. The summed E-state index contributed by atoms with van der Waals surface area (Å²) in [7, 11) is 0. The highest BCUT2D eigenvalue weighted by Crippen LogP contribution is 2.26. The smallest absolute Gasteiger partial charge is 0.262 e. The number of nitrogens with zero attached hydrogens (tertiary/aromatic N) is 3. The molecule has 0 spiro atoms. The molecule has 1 amide bonds. The van der Waals surface area contributed by atoms with Crippen molar-refractivity contribution in [3.63, 3.8) is 0 Å². The standard InChI is InChI=1S/C24H27N3O2S/c1-3-4-14-27-23(29)20-11-7-8-12-21(20)25-24(27)30-17(2)22(28)26-15-13-18-9-5-6-10-19(18)16-26/h5-12,17H,3-4,13-16H2,1-2H3. The number of carbonyl (C=O) groups excluding carboxylic acids is 1. The largest absolute Gasteiger partial charge is 0.337 e. The molecule has 1 aromatic heterocycles. The predicted molar refractivity (Wildman–Crippen MR) is 122 cm³/mol. The van der Waals surface area contributed by atoms with E-state index in [9.17, 15) is 9.59 Å². The Balaban J connectivity index is 1.58. The van der Waals surface area contributed by atoms with Crippen LogP contribution in [0.15, 0.2) is 58.5 Å². The topological polar surface area (TPSA) is 55.2 Å². The molecule has 0 N–H and O–H groups in total. The van der Waals surface area contributed by atoms with Crippen LogP contribution in [0.3, 0.4) is 0 Å². The lowest BCUT2D eigenvalue weighted by molar-refractivity contribution is -0.131. The number of carbonyl (C=O) groups is 1. The van der Waals surface area contributed by atoms with Crippen molar-refractivity contribution in [2.24, 2.45) is 0 Å². The summed E-state index contributed by atoms with van der Waals surface area (Å²) in [5, 5.41) is 0.950. The maximum absolute atomic E-state index is 13.2. The zero-order valence-electron chi connectivity index (χ0n) is 17.5. The van der Waals surface area contributed by atoms with Crippen molar-refractivity contribution < 1.29 is 4.79 Å². The monoisotopic (exact) mass is 421 g/mol. The van der Waals surface area contributed by atoms with E-state index in [1.807, 2.05) is 42.2 Å². The summed E-state index contributed by atoms with van der Waals surface area (Å²) >= 11 is 1.39. The van der Waals surface area contributed by atoms with Crippen LogP contribution in [0.5, 0.6) is 0 Å². The summed E-state index contributed by atoms with van der Waals surface area (Å²) in [5.41, 5.74) is 3.21. The van der Waals surface area contributed by atoms with Crippen LogP contribution in [0, 0.1) is 0 Å². The maximum Gasteiger partial charge on any atom is 0.262 e. The van der Waals surface area contributed by atoms with E-state index in [2.05, 4.69) is 25.1 Å². The molecule has 0 saturated carbocycles. The highest BCUT2D eigenvalue weighted by molar-refractivity contribution is 8.00. The summed E-state index contributed by atoms with van der Waals surface area (Å²) in [4.78, 5) is 32.9. The van der Waals surface area contributed by atoms with Gasteiger partial charge >= 0.3 is 0 Å². The summed E-state index contributed by atoms with van der Waals surface area (Å²) in [6.45, 7) is 6.02. The number of amides is 1. The number of unbranched alkanes of at least 4 members (excludes halogenated alkanes) is 1. The third kappa shape index (κ3) is 4.15. The van der Waals surface area contributed by atoms with Gasteiger partial charge in [-0.25, -0.2) is 4.98 Å². The minimum absolute atomic E-state index is 0.0249. The van der Waals surface area contributed by atoms with E-state index in [-0.39, 0.29) is 16.7 Å². The lowest BCUT2D eigenvalue weighted by Crippen LogP contribution is -2.40. The van der Waals surface area contributed by atoms with Crippen molar-refractivity contribution in [1.29, 1.82) is 0 Å². The number of aromatic nitrogens is 2. The average molecular weight is 422 g/mol. The van der Waals surface area contributed by atoms with Crippen LogP contribution in [-0.2, 0) is 24.3 Å². The molecule has 2 heterocycles. The van der Waals surface area contributed by atoms with Crippen LogP contribution in [-0.4, -0.2) is 32.2 Å². The number of thioether (sulfide) groups is 1. The van der Waals surface area contributed by atoms with Crippen molar-refractivity contribution in [2.75, 3.05) is 6.54 Å². The molecule has 0 radical (unpaired) electrons. The van der Waals surface area contributed by atoms with Gasteiger partial charge in [0.15, 0.2) is 5.16 Å². The second-order valence-electron chi connectivity index (χ2n) is 7.76. The average Bonchev–Trinajstić information content (AvgIpc) is 2.78. The fourth-order valence-electron chi connectivity index (χ4n) is 3.90. The zero-order chi connectivity index (χ0) is 21.1. The van der Waals surface area contributed by atoms with E-state index in [4.69, 9.17) is 4.98 Å². The van der Waals surface area contributed by atoms with Gasteiger partial charge in [0.05, 0.1) is 16.2 Å². The number of rotatable bonds is 6. The molecule has 2 aromatic carbocycles. The van der Waals surface area contributed by atoms with Crippen molar-refractivity contribution in [3.05, 3.63) is 70.0 Å². The Kier molecular flexibility index (Phi) is 6.23. The van der Waals surface area contributed by atoms with Crippen LogP contribution < -0.4 is 5.56 Å². The number of hydrogen-bond donors (Lipinski definition) is 0. The van der Waals surface area contributed by atoms with Gasteiger partial charge in [0.25, 0.3) is 5.56 Å². The molecule has 0 saturated heterocycles. The normalized spacial score (nSPS) is 14.5. The van der Waals surface area contributed by atoms with Crippen LogP contribution in [0.2, 0.25) is 0 Å². The Labute approximate surface area is 181 Å². The van der Waals surface area contributed by atoms with Gasteiger partial charge in [0.2, 0.25) is 5.91 Å². The molecule has 156 valence electrons. The first-order valence-electron chi connectivity index (χ1n) is 10.6. The highest BCUT2D eigenvalue weighted by atomic mass is 32.2. The van der Waals surface area contributed by atoms with E-state index in [0.29, 0.717) is 29.1 Å². The van der Waals surface area contributed by atoms with Gasteiger partial charge in [-0.15, -0.1) is 0 Å². The van der Waals surface area contributed by atoms with E-state index in [0.717, 1.165) is 25.8 Å². The molecular formula is C24H27N3O2S. The molecule has 0 aliphatic carbocycles. The molecular weight excluding hydrogens is 394 g/mol. The van der Waals surface area contributed by atoms with E-state index < -0.39 is 0 Å². The van der Waals surface area contributed by atoms with E-state index >= 15 is 0 Å². The zero-order valence-corrected chi connectivity index (χ0v) is 18.3. The van der Waals surface area contributed by atoms with Gasteiger partial charge in [0.1, 0.15) is 0 Å². The Bertz CT molecular complexity index is 1120. The number of benzene rings is 2. The minimum Gasteiger partial charge on any atom is -0.337 e. The molecule has 4 rings (SSSR count). The second kappa shape index (κ2) is 9.04. The molecule has 30 heavy (non-hydrogen) atoms. The number of para-hydroxylation sites is 1. The Morgan fingerprint density at radius 2 is 1.87 bits per heavy atom. The SMILES string of the molecule is CCCCn1c(SC(C)C(=O)N2CCc3ccccc3C2)nc2ccccc2c1=O. The third-order valence-corrected chi connectivity index (χ3v) is 6.71. The van der Waals surface area contributed by atoms with Crippen molar-refractivity contribution in [3.8, 4) is 0 Å². The second-order valence-corrected chi connectivity index (χ2v) is 9.07. The molecule has 1 aliphatic rings. The van der Waals surface area contributed by atoms with E-state index in [1.54, 1.807) is 4.57 Å². The first kappa shape index (κ1) is 20.7. The summed E-state index contributed by atoms with van der Waals surface area (Å²) < 4.78 is 1.74. The Morgan fingerprint density at radius 1 is 1.13 bits per heavy atom. The van der Waals surface area contributed by atoms with E-state index in [1.165, 1.54) is 22.9 Å². The number of fused-ring (bicyclic) bond motifs is 2. The summed E-state index contributed by atoms with van der Waals surface area (Å²) in [5.74, 6) is 0.0963. The lowest BCUT2D eigenvalue weighted by atomic mass is 10.00. The minimum atomic E-state index is -0.309. The molecule has 6 heteroatoms. The molecule has 1 atom stereocenters. The quantitative estimate of drug-likeness (QED) is 0.441. The van der Waals surface area contributed by atoms with Gasteiger partial charge in [-0.2, -0.15) is 0 Å². The molecule has 0 bridgehead atoms. The van der Waals surface area contributed by atoms with Crippen LogP contribution in [0.1, 0.15) is 37.8 Å². The summed E-state index contributed by atoms with van der Waals surface area (Å²) in [6, 6.07) is 15.7. The molecule has 0 fully saturated rings.